The second kappa shape index (κ2) is 47.0. The van der Waals surface area contributed by atoms with Crippen molar-refractivity contribution in [2.75, 3.05) is 26.4 Å². The first-order chi connectivity index (χ1) is 31.2. The SMILES string of the molecule is CC/C=C\C/C=C\C/C=C\C/C=C\CCC(=O)OC(COC(=O)CCCCCCCCCCCCCCCCC)COP(=O)(O)OCC(CO)OC(=O)CCCCCCCCCCC. The Labute approximate surface area is 390 Å². The number of phosphoric ester groups is 1. The van der Waals surface area contributed by atoms with E-state index in [2.05, 4.69) is 57.2 Å². The van der Waals surface area contributed by atoms with Crippen LogP contribution in [0.1, 0.15) is 226 Å². The van der Waals surface area contributed by atoms with Crippen molar-refractivity contribution in [2.45, 2.75) is 238 Å². The molecule has 0 amide bonds. The lowest BCUT2D eigenvalue weighted by molar-refractivity contribution is -0.161. The molecule has 11 nitrogen and oxygen atoms in total. The standard InChI is InChI=1S/C52H93O11P/c1-4-7-10-13-16-19-21-23-24-26-27-30-32-35-38-41-50(54)59-45-49(63-52(56)43-40-37-34-31-28-25-22-20-17-14-11-8-5-2)47-61-64(57,58)60-46-48(44-53)62-51(55)42-39-36-33-29-18-15-12-9-6-3/h8,11,17,20,25,28,34,37,48-49,53H,4-7,9-10,12-16,18-19,21-24,26-27,29-33,35-36,38-47H2,1-3H3,(H,57,58)/b11-8-,20-17-,28-25-,37-34-. The minimum absolute atomic E-state index is 0.0493. The van der Waals surface area contributed by atoms with Gasteiger partial charge in [-0.3, -0.25) is 23.4 Å². The van der Waals surface area contributed by atoms with Gasteiger partial charge in [0, 0.05) is 19.3 Å². The van der Waals surface area contributed by atoms with Crippen LogP contribution in [0, 0.1) is 0 Å². The van der Waals surface area contributed by atoms with E-state index in [1.165, 1.54) is 103 Å². The minimum atomic E-state index is -4.75. The molecular weight excluding hydrogens is 832 g/mol. The van der Waals surface area contributed by atoms with Crippen molar-refractivity contribution in [3.05, 3.63) is 48.6 Å². The highest BCUT2D eigenvalue weighted by Gasteiger charge is 2.28. The molecule has 0 saturated heterocycles. The number of carbonyl (C=O) groups is 3. The number of unbranched alkanes of at least 4 members (excludes halogenated alkanes) is 22. The third kappa shape index (κ3) is 44.6. The number of phosphoric acid groups is 1. The van der Waals surface area contributed by atoms with Crippen LogP contribution in [0.3, 0.4) is 0 Å². The van der Waals surface area contributed by atoms with Crippen molar-refractivity contribution in [3.8, 4) is 0 Å². The molecule has 12 heteroatoms. The third-order valence-electron chi connectivity index (χ3n) is 10.8. The van der Waals surface area contributed by atoms with Crippen LogP contribution in [-0.2, 0) is 42.2 Å². The van der Waals surface area contributed by atoms with E-state index in [1.807, 2.05) is 12.2 Å². The van der Waals surface area contributed by atoms with Crippen LogP contribution >= 0.6 is 7.82 Å². The molecule has 2 N–H and O–H groups in total. The van der Waals surface area contributed by atoms with E-state index in [0.29, 0.717) is 19.3 Å². The highest BCUT2D eigenvalue weighted by molar-refractivity contribution is 7.47. The molecule has 0 aliphatic heterocycles. The van der Waals surface area contributed by atoms with Crippen molar-refractivity contribution < 1.29 is 52.2 Å². The van der Waals surface area contributed by atoms with E-state index in [4.69, 9.17) is 23.3 Å². The molecule has 0 radical (unpaired) electrons. The van der Waals surface area contributed by atoms with Gasteiger partial charge in [-0.1, -0.05) is 211 Å². The van der Waals surface area contributed by atoms with Gasteiger partial charge in [-0.2, -0.15) is 0 Å². The fourth-order valence-corrected chi connectivity index (χ4v) is 7.68. The number of ether oxygens (including phenoxy) is 3. The number of aliphatic hydroxyl groups excluding tert-OH is 1. The Hall–Kier alpha value is -2.56. The summed E-state index contributed by atoms with van der Waals surface area (Å²) in [5.74, 6) is -1.56. The molecule has 0 fully saturated rings. The zero-order chi connectivity index (χ0) is 47.0. The number of aliphatic hydroxyl groups is 1. The van der Waals surface area contributed by atoms with E-state index in [1.54, 1.807) is 0 Å². The fraction of sp³-hybridized carbons (Fsp3) is 0.788. The van der Waals surface area contributed by atoms with Crippen molar-refractivity contribution in [1.82, 2.24) is 0 Å². The molecule has 3 atom stereocenters. The minimum Gasteiger partial charge on any atom is -0.462 e. The van der Waals surface area contributed by atoms with Gasteiger partial charge in [0.15, 0.2) is 6.10 Å². The topological polar surface area (TPSA) is 155 Å². The Kier molecular flexibility index (Phi) is 45.1. The van der Waals surface area contributed by atoms with Gasteiger partial charge in [0.2, 0.25) is 0 Å². The number of hydrogen-bond acceptors (Lipinski definition) is 10. The zero-order valence-corrected chi connectivity index (χ0v) is 41.6. The lowest BCUT2D eigenvalue weighted by Gasteiger charge is -2.21. The molecule has 0 aliphatic carbocycles. The molecule has 64 heavy (non-hydrogen) atoms. The predicted molar refractivity (Wildman–Crippen MR) is 261 cm³/mol. The summed E-state index contributed by atoms with van der Waals surface area (Å²) in [6, 6.07) is 0. The molecule has 0 rings (SSSR count). The maximum absolute atomic E-state index is 12.8. The summed E-state index contributed by atoms with van der Waals surface area (Å²) in [5, 5.41) is 9.73. The summed E-state index contributed by atoms with van der Waals surface area (Å²) < 4.78 is 39.2. The monoisotopic (exact) mass is 925 g/mol. The highest BCUT2D eigenvalue weighted by Crippen LogP contribution is 2.43. The number of allylic oxidation sites excluding steroid dienone is 8. The van der Waals surface area contributed by atoms with Crippen molar-refractivity contribution in [3.63, 3.8) is 0 Å². The summed E-state index contributed by atoms with van der Waals surface area (Å²) in [4.78, 5) is 48.1. The predicted octanol–water partition coefficient (Wildman–Crippen LogP) is 14.2. The largest absolute Gasteiger partial charge is 0.472 e. The van der Waals surface area contributed by atoms with E-state index in [9.17, 15) is 28.9 Å². The zero-order valence-electron chi connectivity index (χ0n) is 40.7. The van der Waals surface area contributed by atoms with E-state index in [0.717, 1.165) is 64.2 Å². The Morgan fingerprint density at radius 3 is 1.25 bits per heavy atom. The van der Waals surface area contributed by atoms with Crippen LogP contribution in [0.4, 0.5) is 0 Å². The Morgan fingerprint density at radius 2 is 0.812 bits per heavy atom. The van der Waals surface area contributed by atoms with Gasteiger partial charge < -0.3 is 24.2 Å². The summed E-state index contributed by atoms with van der Waals surface area (Å²) >= 11 is 0. The molecule has 372 valence electrons. The number of esters is 3. The second-order valence-electron chi connectivity index (χ2n) is 17.0. The average Bonchev–Trinajstić information content (AvgIpc) is 3.28. The number of hydrogen-bond donors (Lipinski definition) is 2. The quantitative estimate of drug-likeness (QED) is 0.0197. The highest BCUT2D eigenvalue weighted by atomic mass is 31.2. The smallest absolute Gasteiger partial charge is 0.462 e. The van der Waals surface area contributed by atoms with Crippen LogP contribution in [0.2, 0.25) is 0 Å². The summed E-state index contributed by atoms with van der Waals surface area (Å²) in [5.41, 5.74) is 0. The molecule has 0 aromatic carbocycles. The lowest BCUT2D eigenvalue weighted by Crippen LogP contribution is -2.30. The van der Waals surface area contributed by atoms with Gasteiger partial charge in [-0.25, -0.2) is 4.57 Å². The lowest BCUT2D eigenvalue weighted by atomic mass is 10.0. The second-order valence-corrected chi connectivity index (χ2v) is 18.4. The molecule has 0 aliphatic rings. The van der Waals surface area contributed by atoms with Gasteiger partial charge in [0.05, 0.1) is 19.8 Å². The number of rotatable bonds is 47. The van der Waals surface area contributed by atoms with Crippen LogP contribution < -0.4 is 0 Å². The van der Waals surface area contributed by atoms with Gasteiger partial charge in [-0.05, 0) is 44.9 Å². The maximum atomic E-state index is 12.8. The molecule has 0 spiro atoms. The molecule has 0 aromatic rings. The van der Waals surface area contributed by atoms with E-state index < -0.39 is 57.8 Å². The summed E-state index contributed by atoms with van der Waals surface area (Å²) in [6.45, 7) is 4.42. The van der Waals surface area contributed by atoms with Crippen molar-refractivity contribution in [2.24, 2.45) is 0 Å². The normalized spacial score (nSPS) is 13.9. The first-order valence-corrected chi connectivity index (χ1v) is 27.0. The molecular formula is C52H93O11P. The molecule has 3 unspecified atom stereocenters. The maximum Gasteiger partial charge on any atom is 0.472 e. The molecule has 0 aromatic heterocycles. The van der Waals surface area contributed by atoms with Crippen molar-refractivity contribution >= 4 is 25.7 Å². The summed E-state index contributed by atoms with van der Waals surface area (Å²) in [7, 11) is -4.75. The van der Waals surface area contributed by atoms with Crippen LogP contribution in [0.15, 0.2) is 48.6 Å². The molecule has 0 bridgehead atoms. The first-order valence-electron chi connectivity index (χ1n) is 25.5. The number of carbonyl (C=O) groups excluding carboxylic acids is 3. The van der Waals surface area contributed by atoms with Crippen LogP contribution in [-0.4, -0.2) is 66.5 Å². The van der Waals surface area contributed by atoms with Crippen LogP contribution in [0.5, 0.6) is 0 Å². The van der Waals surface area contributed by atoms with Gasteiger partial charge in [0.25, 0.3) is 0 Å². The van der Waals surface area contributed by atoms with Crippen LogP contribution in [0.25, 0.3) is 0 Å². The first kappa shape index (κ1) is 61.4. The Bertz CT molecular complexity index is 1260. The fourth-order valence-electron chi connectivity index (χ4n) is 6.90. The van der Waals surface area contributed by atoms with Gasteiger partial charge in [-0.15, -0.1) is 0 Å². The van der Waals surface area contributed by atoms with E-state index >= 15 is 0 Å². The Balaban J connectivity index is 4.80. The van der Waals surface area contributed by atoms with Crippen molar-refractivity contribution in [1.29, 1.82) is 0 Å². The van der Waals surface area contributed by atoms with Gasteiger partial charge >= 0.3 is 25.7 Å². The third-order valence-corrected chi connectivity index (χ3v) is 11.7. The summed E-state index contributed by atoms with van der Waals surface area (Å²) in [6.07, 6.45) is 46.8. The Morgan fingerprint density at radius 1 is 0.453 bits per heavy atom. The van der Waals surface area contributed by atoms with Gasteiger partial charge in [0.1, 0.15) is 12.7 Å². The van der Waals surface area contributed by atoms with E-state index in [-0.39, 0.29) is 25.9 Å². The molecule has 0 saturated carbocycles. The molecule has 0 heterocycles. The average molecular weight is 925 g/mol.